The number of hydrogen-bond acceptors (Lipinski definition) is 5. The molecule has 0 radical (unpaired) electrons. The van der Waals surface area contributed by atoms with Crippen LogP contribution in [0.4, 0.5) is 11.8 Å². The number of aromatic nitrogens is 4. The van der Waals surface area contributed by atoms with E-state index < -0.39 is 0 Å². The topological polar surface area (TPSA) is 98.7 Å². The third-order valence-corrected chi connectivity index (χ3v) is 4.28. The van der Waals surface area contributed by atoms with Crippen LogP contribution in [0.15, 0.2) is 42.7 Å². The van der Waals surface area contributed by atoms with Gasteiger partial charge in [-0.25, -0.2) is 9.97 Å². The van der Waals surface area contributed by atoms with Crippen molar-refractivity contribution in [2.75, 3.05) is 11.1 Å². The fourth-order valence-corrected chi connectivity index (χ4v) is 2.66. The monoisotopic (exact) mass is 358 g/mol. The van der Waals surface area contributed by atoms with Crippen molar-refractivity contribution in [1.82, 2.24) is 19.7 Å². The lowest BCUT2D eigenvalue weighted by atomic mass is 10.1. The molecule has 0 aliphatic heterocycles. The molecule has 3 aromatic rings. The summed E-state index contributed by atoms with van der Waals surface area (Å²) in [5.74, 6) is 7.21. The molecule has 0 unspecified atom stereocenters. The van der Waals surface area contributed by atoms with E-state index in [1.165, 1.54) is 12.8 Å². The number of nitrogens with zero attached hydrogens (tertiary/aromatic N) is 4. The highest BCUT2D eigenvalue weighted by Crippen LogP contribution is 2.39. The molecule has 1 fully saturated rings. The first kappa shape index (κ1) is 16.8. The summed E-state index contributed by atoms with van der Waals surface area (Å²) < 4.78 is 1.70. The predicted molar refractivity (Wildman–Crippen MR) is 102 cm³/mol. The number of carbonyl (C=O) groups excluding carboxylic acids is 1. The van der Waals surface area contributed by atoms with Gasteiger partial charge in [-0.1, -0.05) is 17.9 Å². The van der Waals surface area contributed by atoms with E-state index in [9.17, 15) is 4.79 Å². The Bertz CT molecular complexity index is 1050. The van der Waals surface area contributed by atoms with Crippen LogP contribution in [-0.2, 0) is 7.05 Å². The first-order chi connectivity index (χ1) is 13.1. The third kappa shape index (κ3) is 3.96. The predicted octanol–water partition coefficient (Wildman–Crippen LogP) is 2.32. The summed E-state index contributed by atoms with van der Waals surface area (Å²) >= 11 is 0. The average molecular weight is 358 g/mol. The Morgan fingerprint density at radius 1 is 1.19 bits per heavy atom. The molecule has 1 saturated carbocycles. The second-order valence-corrected chi connectivity index (χ2v) is 6.47. The zero-order valence-electron chi connectivity index (χ0n) is 14.8. The van der Waals surface area contributed by atoms with E-state index in [0.717, 1.165) is 11.3 Å². The van der Waals surface area contributed by atoms with E-state index >= 15 is 0 Å². The number of nitrogens with two attached hydrogens (primary N) is 1. The molecule has 1 aliphatic carbocycles. The Morgan fingerprint density at radius 2 is 1.93 bits per heavy atom. The second kappa shape index (κ2) is 6.92. The SMILES string of the molecule is Cn1nc(C2CC2)cc1NC(=O)c1cccc(C#Cc2cnc(N)nc2)c1. The fourth-order valence-electron chi connectivity index (χ4n) is 2.66. The van der Waals surface area contributed by atoms with Crippen LogP contribution in [0.5, 0.6) is 0 Å². The first-order valence-electron chi connectivity index (χ1n) is 8.63. The van der Waals surface area contributed by atoms with Crippen molar-refractivity contribution in [3.05, 3.63) is 65.1 Å². The number of hydrogen-bond donors (Lipinski definition) is 2. The highest BCUT2D eigenvalue weighted by molar-refractivity contribution is 6.04. The van der Waals surface area contributed by atoms with Crippen LogP contribution in [0.3, 0.4) is 0 Å². The quantitative estimate of drug-likeness (QED) is 0.700. The van der Waals surface area contributed by atoms with Gasteiger partial charge in [0.1, 0.15) is 5.82 Å². The zero-order valence-corrected chi connectivity index (χ0v) is 14.8. The van der Waals surface area contributed by atoms with Crippen LogP contribution in [0.1, 0.15) is 45.9 Å². The van der Waals surface area contributed by atoms with Crippen molar-refractivity contribution >= 4 is 17.7 Å². The molecule has 134 valence electrons. The van der Waals surface area contributed by atoms with Gasteiger partial charge in [-0.05, 0) is 31.0 Å². The molecule has 27 heavy (non-hydrogen) atoms. The number of rotatable bonds is 3. The van der Waals surface area contributed by atoms with Gasteiger partial charge in [-0.3, -0.25) is 9.48 Å². The molecular weight excluding hydrogens is 340 g/mol. The maximum absolute atomic E-state index is 12.6. The van der Waals surface area contributed by atoms with E-state index in [1.807, 2.05) is 19.2 Å². The molecule has 0 saturated heterocycles. The van der Waals surface area contributed by atoms with E-state index in [4.69, 9.17) is 5.73 Å². The van der Waals surface area contributed by atoms with Crippen molar-refractivity contribution in [3.63, 3.8) is 0 Å². The summed E-state index contributed by atoms with van der Waals surface area (Å²) in [5, 5.41) is 7.38. The molecule has 2 heterocycles. The molecule has 0 spiro atoms. The van der Waals surface area contributed by atoms with Crippen LogP contribution in [-0.4, -0.2) is 25.7 Å². The summed E-state index contributed by atoms with van der Waals surface area (Å²) in [4.78, 5) is 20.4. The molecule has 4 rings (SSSR count). The fraction of sp³-hybridized carbons (Fsp3) is 0.200. The van der Waals surface area contributed by atoms with E-state index in [-0.39, 0.29) is 11.9 Å². The highest BCUT2D eigenvalue weighted by atomic mass is 16.1. The van der Waals surface area contributed by atoms with Crippen molar-refractivity contribution in [2.24, 2.45) is 7.05 Å². The van der Waals surface area contributed by atoms with Gasteiger partial charge in [0.05, 0.1) is 11.3 Å². The minimum absolute atomic E-state index is 0.195. The minimum atomic E-state index is -0.195. The molecule has 0 bridgehead atoms. The summed E-state index contributed by atoms with van der Waals surface area (Å²) in [7, 11) is 1.83. The molecule has 7 heteroatoms. The zero-order chi connectivity index (χ0) is 18.8. The number of nitrogen functional groups attached to an aromatic ring is 1. The van der Waals surface area contributed by atoms with E-state index in [2.05, 4.69) is 32.2 Å². The van der Waals surface area contributed by atoms with Crippen molar-refractivity contribution in [3.8, 4) is 11.8 Å². The summed E-state index contributed by atoms with van der Waals surface area (Å²) in [5.41, 5.74) is 8.41. The standard InChI is InChI=1S/C20H18N6O/c1-26-18(10-17(25-26)15-7-8-15)24-19(27)16-4-2-3-13(9-16)5-6-14-11-22-20(21)23-12-14/h2-4,9-12,15H,7-8H2,1H3,(H,24,27)(H2,21,22,23). The van der Waals surface area contributed by atoms with Gasteiger partial charge >= 0.3 is 0 Å². The maximum Gasteiger partial charge on any atom is 0.256 e. The van der Waals surface area contributed by atoms with Gasteiger partial charge < -0.3 is 11.1 Å². The van der Waals surface area contributed by atoms with Crippen LogP contribution in [0.25, 0.3) is 0 Å². The summed E-state index contributed by atoms with van der Waals surface area (Å²) in [6.07, 6.45) is 5.46. The molecule has 2 aromatic heterocycles. The van der Waals surface area contributed by atoms with Gasteiger partial charge in [0.25, 0.3) is 5.91 Å². The summed E-state index contributed by atoms with van der Waals surface area (Å²) in [6.45, 7) is 0. The average Bonchev–Trinajstić information content (AvgIpc) is 3.46. The van der Waals surface area contributed by atoms with Gasteiger partial charge in [-0.2, -0.15) is 5.10 Å². The number of nitrogens with one attached hydrogen (secondary N) is 1. The molecule has 0 atom stereocenters. The Labute approximate surface area is 156 Å². The number of carbonyl (C=O) groups is 1. The number of amides is 1. The lowest BCUT2D eigenvalue weighted by molar-refractivity contribution is 0.102. The third-order valence-electron chi connectivity index (χ3n) is 4.28. The lowest BCUT2D eigenvalue weighted by Gasteiger charge is -2.05. The molecule has 1 amide bonds. The lowest BCUT2D eigenvalue weighted by Crippen LogP contribution is -2.14. The number of anilines is 2. The molecular formula is C20H18N6O. The second-order valence-electron chi connectivity index (χ2n) is 6.47. The van der Waals surface area contributed by atoms with E-state index in [1.54, 1.807) is 35.3 Å². The van der Waals surface area contributed by atoms with E-state index in [0.29, 0.717) is 22.9 Å². The highest BCUT2D eigenvalue weighted by Gasteiger charge is 2.27. The smallest absolute Gasteiger partial charge is 0.256 e. The first-order valence-corrected chi connectivity index (χ1v) is 8.63. The largest absolute Gasteiger partial charge is 0.368 e. The Kier molecular flexibility index (Phi) is 4.30. The normalized spacial score (nSPS) is 12.9. The van der Waals surface area contributed by atoms with Crippen LogP contribution in [0, 0.1) is 11.8 Å². The minimum Gasteiger partial charge on any atom is -0.368 e. The van der Waals surface area contributed by atoms with Crippen LogP contribution < -0.4 is 11.1 Å². The van der Waals surface area contributed by atoms with Gasteiger partial charge in [0, 0.05) is 42.6 Å². The molecule has 1 aliphatic rings. The van der Waals surface area contributed by atoms with Gasteiger partial charge in [0.2, 0.25) is 5.95 Å². The molecule has 7 nitrogen and oxygen atoms in total. The Morgan fingerprint density at radius 3 is 2.67 bits per heavy atom. The van der Waals surface area contributed by atoms with Gasteiger partial charge in [-0.15, -0.1) is 0 Å². The van der Waals surface area contributed by atoms with Crippen molar-refractivity contribution < 1.29 is 4.79 Å². The molecule has 3 N–H and O–H groups in total. The number of aryl methyl sites for hydroxylation is 1. The summed E-state index contributed by atoms with van der Waals surface area (Å²) in [6, 6.07) is 9.10. The number of benzene rings is 1. The van der Waals surface area contributed by atoms with Crippen molar-refractivity contribution in [2.45, 2.75) is 18.8 Å². The van der Waals surface area contributed by atoms with Crippen LogP contribution >= 0.6 is 0 Å². The Hall–Kier alpha value is -3.66. The van der Waals surface area contributed by atoms with Gasteiger partial charge in [0.15, 0.2) is 0 Å². The maximum atomic E-state index is 12.6. The van der Waals surface area contributed by atoms with Crippen molar-refractivity contribution in [1.29, 1.82) is 0 Å². The van der Waals surface area contributed by atoms with Crippen LogP contribution in [0.2, 0.25) is 0 Å². The Balaban J connectivity index is 1.50. The molecule has 1 aromatic carbocycles.